The molecule has 1 aromatic carbocycles. The van der Waals surface area contributed by atoms with Crippen LogP contribution in [0.1, 0.15) is 24.8 Å². The second-order valence-corrected chi connectivity index (χ2v) is 6.80. The summed E-state index contributed by atoms with van der Waals surface area (Å²) < 4.78 is 32.2. The summed E-state index contributed by atoms with van der Waals surface area (Å²) in [4.78, 5) is 25.7. The third kappa shape index (κ3) is 5.00. The van der Waals surface area contributed by atoms with Gasteiger partial charge in [-0.25, -0.2) is 8.78 Å². The van der Waals surface area contributed by atoms with E-state index < -0.39 is 18.4 Å². The lowest BCUT2D eigenvalue weighted by Gasteiger charge is -2.27. The molecule has 1 atom stereocenters. The molecule has 7 nitrogen and oxygen atoms in total. The first-order valence-corrected chi connectivity index (χ1v) is 9.04. The molecule has 0 bridgehead atoms. The molecule has 3 rings (SSSR count). The lowest BCUT2D eigenvalue weighted by molar-refractivity contribution is -0.125. The van der Waals surface area contributed by atoms with Crippen molar-refractivity contribution in [2.45, 2.75) is 25.3 Å². The first kappa shape index (κ1) is 19.7. The normalized spacial score (nSPS) is 18.7. The van der Waals surface area contributed by atoms with Gasteiger partial charge in [-0.15, -0.1) is 0 Å². The first-order valence-electron chi connectivity index (χ1n) is 9.04. The summed E-state index contributed by atoms with van der Waals surface area (Å²) in [5.41, 5.74) is 5.69. The minimum atomic E-state index is -2.80. The maximum absolute atomic E-state index is 13.5. The second-order valence-electron chi connectivity index (χ2n) is 6.80. The van der Waals surface area contributed by atoms with Gasteiger partial charge in [-0.3, -0.25) is 9.59 Å². The van der Waals surface area contributed by atoms with Gasteiger partial charge in [0.15, 0.2) is 0 Å². The van der Waals surface area contributed by atoms with Crippen LogP contribution >= 0.6 is 0 Å². The van der Waals surface area contributed by atoms with Crippen molar-refractivity contribution in [2.75, 3.05) is 43.1 Å². The largest absolute Gasteiger partial charge is 0.370 e. The molecule has 0 spiro atoms. The molecule has 0 unspecified atom stereocenters. The van der Waals surface area contributed by atoms with E-state index in [0.29, 0.717) is 31.3 Å². The Morgan fingerprint density at radius 2 is 2.15 bits per heavy atom. The van der Waals surface area contributed by atoms with E-state index in [0.717, 1.165) is 12.8 Å². The van der Waals surface area contributed by atoms with Crippen LogP contribution in [-0.4, -0.2) is 50.7 Å². The Morgan fingerprint density at radius 1 is 1.37 bits per heavy atom. The molecule has 1 saturated heterocycles. The number of ether oxygens (including phenoxy) is 1. The number of carbonyl (C=O) groups excluding carboxylic acids is 2. The molecule has 1 heterocycles. The summed E-state index contributed by atoms with van der Waals surface area (Å²) in [5.74, 6) is -0.171. The van der Waals surface area contributed by atoms with Crippen LogP contribution < -0.4 is 21.3 Å². The summed E-state index contributed by atoms with van der Waals surface area (Å²) >= 11 is 0. The van der Waals surface area contributed by atoms with E-state index >= 15 is 0 Å². The molecule has 4 N–H and O–H groups in total. The van der Waals surface area contributed by atoms with E-state index in [4.69, 9.17) is 10.5 Å². The van der Waals surface area contributed by atoms with Gasteiger partial charge in [0.2, 0.25) is 5.91 Å². The number of nitrogens with two attached hydrogens (primary N) is 1. The monoisotopic (exact) mass is 382 g/mol. The van der Waals surface area contributed by atoms with Crippen molar-refractivity contribution < 1.29 is 23.1 Å². The Morgan fingerprint density at radius 3 is 2.78 bits per heavy atom. The number of morpholine rings is 1. The van der Waals surface area contributed by atoms with Gasteiger partial charge in [0.1, 0.15) is 6.61 Å². The van der Waals surface area contributed by atoms with Gasteiger partial charge in [0.05, 0.1) is 12.6 Å². The zero-order valence-electron chi connectivity index (χ0n) is 14.9. The quantitative estimate of drug-likeness (QED) is 0.629. The highest BCUT2D eigenvalue weighted by atomic mass is 19.3. The summed E-state index contributed by atoms with van der Waals surface area (Å²) in [7, 11) is 0. The zero-order chi connectivity index (χ0) is 19.4. The van der Waals surface area contributed by atoms with E-state index in [1.807, 2.05) is 0 Å². The molecule has 2 aliphatic rings. The van der Waals surface area contributed by atoms with Crippen molar-refractivity contribution in [2.24, 2.45) is 11.7 Å². The number of alkyl halides is 2. The van der Waals surface area contributed by atoms with Crippen molar-refractivity contribution in [3.8, 4) is 0 Å². The SMILES string of the molecule is NC[C@@H](NCC1CC1)C(=O)Nc1ccc(N2CCOCC2=O)cc1C(F)F. The van der Waals surface area contributed by atoms with Crippen LogP contribution in [0.4, 0.5) is 20.2 Å². The highest BCUT2D eigenvalue weighted by Gasteiger charge is 2.26. The Hall–Kier alpha value is -2.10. The van der Waals surface area contributed by atoms with E-state index in [-0.39, 0.29) is 30.3 Å². The molecule has 27 heavy (non-hydrogen) atoms. The molecule has 0 aromatic heterocycles. The number of nitrogens with zero attached hydrogens (tertiary/aromatic N) is 1. The van der Waals surface area contributed by atoms with Gasteiger partial charge in [-0.1, -0.05) is 0 Å². The van der Waals surface area contributed by atoms with Crippen molar-refractivity contribution in [1.82, 2.24) is 5.32 Å². The fourth-order valence-corrected chi connectivity index (χ4v) is 2.94. The molecular weight excluding hydrogens is 358 g/mol. The Kier molecular flexibility index (Phi) is 6.35. The summed E-state index contributed by atoms with van der Waals surface area (Å²) in [6.07, 6.45) is -0.543. The lowest BCUT2D eigenvalue weighted by Crippen LogP contribution is -2.46. The number of rotatable bonds is 8. The zero-order valence-corrected chi connectivity index (χ0v) is 14.9. The van der Waals surface area contributed by atoms with Crippen molar-refractivity contribution in [3.63, 3.8) is 0 Å². The molecular formula is C18H24F2N4O3. The predicted octanol–water partition coefficient (Wildman–Crippen LogP) is 1.25. The van der Waals surface area contributed by atoms with Gasteiger partial charge >= 0.3 is 0 Å². The average Bonchev–Trinajstić information content (AvgIpc) is 3.47. The van der Waals surface area contributed by atoms with E-state index in [2.05, 4.69) is 10.6 Å². The van der Waals surface area contributed by atoms with Crippen LogP contribution in [0.15, 0.2) is 18.2 Å². The minimum absolute atomic E-state index is 0.0196. The standard InChI is InChI=1S/C18H24F2N4O3/c19-17(20)13-7-12(24-5-6-27-10-16(24)25)3-4-14(13)23-18(26)15(8-21)22-9-11-1-2-11/h3-4,7,11,15,17,22H,1-2,5-6,8-10,21H2,(H,23,26)/t15-/m1/s1. The van der Waals surface area contributed by atoms with Crippen LogP contribution in [0, 0.1) is 5.92 Å². The van der Waals surface area contributed by atoms with Gasteiger partial charge in [0, 0.05) is 30.0 Å². The van der Waals surface area contributed by atoms with Gasteiger partial charge < -0.3 is 26.0 Å². The molecule has 1 aliphatic heterocycles. The maximum atomic E-state index is 13.5. The lowest BCUT2D eigenvalue weighted by atomic mass is 10.1. The third-order valence-electron chi connectivity index (χ3n) is 4.73. The number of amides is 2. The Bertz CT molecular complexity index is 697. The van der Waals surface area contributed by atoms with E-state index in [1.165, 1.54) is 17.0 Å². The average molecular weight is 382 g/mol. The topological polar surface area (TPSA) is 96.7 Å². The van der Waals surface area contributed by atoms with E-state index in [9.17, 15) is 18.4 Å². The Labute approximate surface area is 156 Å². The third-order valence-corrected chi connectivity index (χ3v) is 4.73. The molecule has 148 valence electrons. The molecule has 1 aliphatic carbocycles. The highest BCUT2D eigenvalue weighted by Crippen LogP contribution is 2.32. The first-order chi connectivity index (χ1) is 13.0. The van der Waals surface area contributed by atoms with Crippen LogP contribution in [0.2, 0.25) is 0 Å². The number of benzene rings is 1. The Balaban J connectivity index is 1.73. The van der Waals surface area contributed by atoms with Crippen LogP contribution in [0.5, 0.6) is 0 Å². The molecule has 2 amide bonds. The molecule has 0 radical (unpaired) electrons. The van der Waals surface area contributed by atoms with Crippen molar-refractivity contribution in [3.05, 3.63) is 23.8 Å². The van der Waals surface area contributed by atoms with Gasteiger partial charge in [-0.2, -0.15) is 0 Å². The maximum Gasteiger partial charge on any atom is 0.265 e. The summed E-state index contributed by atoms with van der Waals surface area (Å²) in [5, 5.41) is 5.62. The number of halogens is 2. The number of hydrogen-bond donors (Lipinski definition) is 3. The molecule has 1 aromatic rings. The van der Waals surface area contributed by atoms with Crippen LogP contribution in [0.3, 0.4) is 0 Å². The smallest absolute Gasteiger partial charge is 0.265 e. The molecule has 1 saturated carbocycles. The van der Waals surface area contributed by atoms with E-state index in [1.54, 1.807) is 6.07 Å². The second kappa shape index (κ2) is 8.73. The highest BCUT2D eigenvalue weighted by molar-refractivity contribution is 5.97. The van der Waals surface area contributed by atoms with Gasteiger partial charge in [-0.05, 0) is 43.5 Å². The fraction of sp³-hybridized carbons (Fsp3) is 0.556. The molecule has 2 fully saturated rings. The summed E-state index contributed by atoms with van der Waals surface area (Å²) in [6.45, 7) is 1.33. The van der Waals surface area contributed by atoms with Crippen molar-refractivity contribution in [1.29, 1.82) is 0 Å². The van der Waals surface area contributed by atoms with Crippen molar-refractivity contribution >= 4 is 23.2 Å². The summed E-state index contributed by atoms with van der Waals surface area (Å²) in [6, 6.07) is 3.53. The molecule has 9 heteroatoms. The minimum Gasteiger partial charge on any atom is -0.370 e. The number of nitrogens with one attached hydrogen (secondary N) is 2. The number of hydrogen-bond acceptors (Lipinski definition) is 5. The van der Waals surface area contributed by atoms with Crippen LogP contribution in [-0.2, 0) is 14.3 Å². The number of carbonyl (C=O) groups is 2. The fourth-order valence-electron chi connectivity index (χ4n) is 2.94. The predicted molar refractivity (Wildman–Crippen MR) is 96.8 cm³/mol. The number of anilines is 2. The van der Waals surface area contributed by atoms with Crippen LogP contribution in [0.25, 0.3) is 0 Å². The van der Waals surface area contributed by atoms with Gasteiger partial charge in [0.25, 0.3) is 12.3 Å².